The Labute approximate surface area is 168 Å². The second-order valence-electron chi connectivity index (χ2n) is 6.79. The number of anilines is 1. The van der Waals surface area contributed by atoms with Crippen LogP contribution in [-0.2, 0) is 6.54 Å². The highest BCUT2D eigenvalue weighted by Gasteiger charge is 2.20. The lowest BCUT2D eigenvalue weighted by atomic mass is 10.2. The van der Waals surface area contributed by atoms with E-state index in [1.807, 2.05) is 42.3 Å². The van der Waals surface area contributed by atoms with Gasteiger partial charge in [-0.25, -0.2) is 4.98 Å². The average molecular weight is 394 g/mol. The van der Waals surface area contributed by atoms with Crippen LogP contribution < -0.4 is 19.7 Å². The Kier molecular flexibility index (Phi) is 5.60. The Morgan fingerprint density at radius 3 is 2.83 bits per heavy atom. The van der Waals surface area contributed by atoms with Gasteiger partial charge in [-0.1, -0.05) is 17.3 Å². The van der Waals surface area contributed by atoms with Crippen LogP contribution in [0.2, 0.25) is 0 Å². The predicted octanol–water partition coefficient (Wildman–Crippen LogP) is 2.67. The molecule has 2 aromatic heterocycles. The van der Waals surface area contributed by atoms with Crippen LogP contribution in [0, 0.1) is 0 Å². The van der Waals surface area contributed by atoms with Gasteiger partial charge in [-0.2, -0.15) is 0 Å². The topological polar surface area (TPSA) is 89.7 Å². The molecular formula is C21H22N4O4. The summed E-state index contributed by atoms with van der Waals surface area (Å²) in [6.07, 6.45) is 3.68. The molecule has 1 aliphatic heterocycles. The first kappa shape index (κ1) is 18.8. The number of ether oxygens (including phenoxy) is 2. The zero-order chi connectivity index (χ0) is 20.1. The number of aromatic nitrogens is 2. The van der Waals surface area contributed by atoms with Crippen molar-refractivity contribution in [1.29, 1.82) is 0 Å². The molecule has 0 spiro atoms. The van der Waals surface area contributed by atoms with Crippen molar-refractivity contribution in [3.8, 4) is 11.5 Å². The van der Waals surface area contributed by atoms with Gasteiger partial charge in [0.2, 0.25) is 0 Å². The molecule has 0 fully saturated rings. The van der Waals surface area contributed by atoms with E-state index in [0.29, 0.717) is 31.7 Å². The zero-order valence-corrected chi connectivity index (χ0v) is 16.1. The number of nitrogens with zero attached hydrogens (tertiary/aromatic N) is 3. The number of carbonyl (C=O) groups is 1. The first-order valence-corrected chi connectivity index (χ1v) is 9.42. The largest absolute Gasteiger partial charge is 0.486 e. The van der Waals surface area contributed by atoms with Gasteiger partial charge < -0.3 is 24.2 Å². The van der Waals surface area contributed by atoms with Gasteiger partial charge in [-0.3, -0.25) is 4.79 Å². The van der Waals surface area contributed by atoms with Crippen LogP contribution in [0.3, 0.4) is 0 Å². The molecule has 1 atom stereocenters. The molecule has 29 heavy (non-hydrogen) atoms. The number of para-hydroxylation sites is 2. The van der Waals surface area contributed by atoms with E-state index >= 15 is 0 Å². The van der Waals surface area contributed by atoms with Crippen molar-refractivity contribution in [2.45, 2.75) is 19.1 Å². The van der Waals surface area contributed by atoms with E-state index in [2.05, 4.69) is 15.5 Å². The van der Waals surface area contributed by atoms with Crippen LogP contribution in [0.4, 0.5) is 5.82 Å². The van der Waals surface area contributed by atoms with Crippen molar-refractivity contribution in [2.75, 3.05) is 25.1 Å². The van der Waals surface area contributed by atoms with Crippen LogP contribution in [0.5, 0.6) is 11.5 Å². The van der Waals surface area contributed by atoms with E-state index in [4.69, 9.17) is 14.0 Å². The minimum Gasteiger partial charge on any atom is -0.486 e. The smallest absolute Gasteiger partial charge is 0.252 e. The Bertz CT molecular complexity index is 944. The summed E-state index contributed by atoms with van der Waals surface area (Å²) in [6, 6.07) is 13.0. The highest BCUT2D eigenvalue weighted by atomic mass is 16.6. The van der Waals surface area contributed by atoms with Gasteiger partial charge in [-0.15, -0.1) is 0 Å². The van der Waals surface area contributed by atoms with Gasteiger partial charge in [0.1, 0.15) is 30.5 Å². The van der Waals surface area contributed by atoms with Gasteiger partial charge in [0, 0.05) is 32.3 Å². The van der Waals surface area contributed by atoms with Crippen LogP contribution in [0.1, 0.15) is 22.5 Å². The van der Waals surface area contributed by atoms with Crippen molar-refractivity contribution >= 4 is 11.7 Å². The van der Waals surface area contributed by atoms with Crippen molar-refractivity contribution < 1.29 is 18.8 Å². The lowest BCUT2D eigenvalue weighted by Crippen LogP contribution is -2.34. The highest BCUT2D eigenvalue weighted by molar-refractivity contribution is 5.94. The lowest BCUT2D eigenvalue weighted by Gasteiger charge is -2.26. The number of carbonyl (C=O) groups excluding carboxylic acids is 1. The summed E-state index contributed by atoms with van der Waals surface area (Å²) in [7, 11) is 1.90. The molecule has 1 N–H and O–H groups in total. The molecule has 0 aliphatic carbocycles. The number of nitrogens with one attached hydrogen (secondary N) is 1. The molecule has 0 unspecified atom stereocenters. The number of hydrogen-bond acceptors (Lipinski definition) is 7. The normalized spacial score (nSPS) is 15.0. The number of benzene rings is 1. The monoisotopic (exact) mass is 394 g/mol. The summed E-state index contributed by atoms with van der Waals surface area (Å²) in [5.41, 5.74) is 1.32. The van der Waals surface area contributed by atoms with E-state index in [-0.39, 0.29) is 12.0 Å². The molecule has 3 aromatic rings. The first-order chi connectivity index (χ1) is 14.2. The average Bonchev–Trinajstić information content (AvgIpc) is 3.26. The van der Waals surface area contributed by atoms with Crippen LogP contribution in [0.15, 0.2) is 59.4 Å². The van der Waals surface area contributed by atoms with Gasteiger partial charge in [0.15, 0.2) is 11.5 Å². The number of amides is 1. The van der Waals surface area contributed by atoms with Crippen LogP contribution in [-0.4, -0.2) is 42.4 Å². The van der Waals surface area contributed by atoms with E-state index in [0.717, 1.165) is 23.0 Å². The molecule has 0 radical (unpaired) electrons. The van der Waals surface area contributed by atoms with E-state index in [1.165, 1.54) is 6.26 Å². The number of hydrogen-bond donors (Lipinski definition) is 1. The van der Waals surface area contributed by atoms with Gasteiger partial charge in [-0.05, 0) is 24.3 Å². The number of rotatable bonds is 7. The maximum absolute atomic E-state index is 12.4. The molecule has 4 rings (SSSR count). The third kappa shape index (κ3) is 4.66. The van der Waals surface area contributed by atoms with Crippen LogP contribution >= 0.6 is 0 Å². The molecule has 8 heteroatoms. The maximum Gasteiger partial charge on any atom is 0.252 e. The Hall–Kier alpha value is -3.55. The fourth-order valence-electron chi connectivity index (χ4n) is 3.04. The van der Waals surface area contributed by atoms with Crippen molar-refractivity contribution in [3.05, 3.63) is 66.2 Å². The van der Waals surface area contributed by atoms with Gasteiger partial charge in [0.05, 0.1) is 12.1 Å². The number of pyridine rings is 1. The van der Waals surface area contributed by atoms with Crippen molar-refractivity contribution in [2.24, 2.45) is 0 Å². The molecule has 0 bridgehead atoms. The summed E-state index contributed by atoms with van der Waals surface area (Å²) in [5, 5.41) is 6.79. The lowest BCUT2D eigenvalue weighted by molar-refractivity contribution is 0.0812. The first-order valence-electron chi connectivity index (χ1n) is 9.42. The Morgan fingerprint density at radius 2 is 2.07 bits per heavy atom. The molecule has 1 amide bonds. The number of fused-ring (bicyclic) bond motifs is 1. The zero-order valence-electron chi connectivity index (χ0n) is 16.1. The summed E-state index contributed by atoms with van der Waals surface area (Å²) >= 11 is 0. The molecule has 1 aliphatic rings. The SMILES string of the molecule is CN(Cc1ccon1)c1ccc(C(=O)NCC[C@H]2COc3ccccc3O2)cn1. The third-order valence-corrected chi connectivity index (χ3v) is 4.61. The molecule has 0 saturated heterocycles. The maximum atomic E-state index is 12.4. The third-order valence-electron chi connectivity index (χ3n) is 4.61. The van der Waals surface area contributed by atoms with E-state index in [9.17, 15) is 4.79 Å². The highest BCUT2D eigenvalue weighted by Crippen LogP contribution is 2.31. The molecule has 150 valence electrons. The van der Waals surface area contributed by atoms with Crippen molar-refractivity contribution in [1.82, 2.24) is 15.5 Å². The van der Waals surface area contributed by atoms with Crippen LogP contribution in [0.25, 0.3) is 0 Å². The molecular weight excluding hydrogens is 372 g/mol. The van der Waals surface area contributed by atoms with E-state index in [1.54, 1.807) is 18.3 Å². The second kappa shape index (κ2) is 8.64. The summed E-state index contributed by atoms with van der Waals surface area (Å²) in [6.45, 7) is 1.53. The predicted molar refractivity (Wildman–Crippen MR) is 106 cm³/mol. The minimum atomic E-state index is -0.166. The van der Waals surface area contributed by atoms with Crippen molar-refractivity contribution in [3.63, 3.8) is 0 Å². The molecule has 8 nitrogen and oxygen atoms in total. The summed E-state index contributed by atoms with van der Waals surface area (Å²) < 4.78 is 16.4. The Balaban J connectivity index is 1.25. The molecule has 0 saturated carbocycles. The standard InChI is InChI=1S/C21H22N4O4/c1-25(13-16-9-11-28-24-16)20-7-6-15(12-23-20)21(26)22-10-8-17-14-27-18-4-2-3-5-19(18)29-17/h2-7,9,11-12,17H,8,10,13-14H2,1H3,(H,22,26)/t17-/m0/s1. The quantitative estimate of drug-likeness (QED) is 0.659. The molecule has 3 heterocycles. The fourth-order valence-corrected chi connectivity index (χ4v) is 3.04. The fraction of sp³-hybridized carbons (Fsp3) is 0.286. The minimum absolute atomic E-state index is 0.0871. The summed E-state index contributed by atoms with van der Waals surface area (Å²) in [5.74, 6) is 2.08. The van der Waals surface area contributed by atoms with Gasteiger partial charge in [0.25, 0.3) is 5.91 Å². The van der Waals surface area contributed by atoms with Gasteiger partial charge >= 0.3 is 0 Å². The summed E-state index contributed by atoms with van der Waals surface area (Å²) in [4.78, 5) is 18.7. The Morgan fingerprint density at radius 1 is 1.21 bits per heavy atom. The molecule has 1 aromatic carbocycles. The van der Waals surface area contributed by atoms with E-state index < -0.39 is 0 Å². The second-order valence-corrected chi connectivity index (χ2v) is 6.79.